The molecule has 1 fully saturated rings. The highest BCUT2D eigenvalue weighted by molar-refractivity contribution is 7.98. The van der Waals surface area contributed by atoms with Gasteiger partial charge in [0.15, 0.2) is 0 Å². The second-order valence-corrected chi connectivity index (χ2v) is 8.66. The Morgan fingerprint density at radius 3 is 2.40 bits per heavy atom. The Morgan fingerprint density at radius 2 is 1.70 bits per heavy atom. The fourth-order valence-corrected chi connectivity index (χ4v) is 4.95. The molecule has 30 heavy (non-hydrogen) atoms. The molecular formula is C24H27N3O2S. The summed E-state index contributed by atoms with van der Waals surface area (Å²) in [6, 6.07) is 18.4. The second kappa shape index (κ2) is 9.49. The zero-order valence-electron chi connectivity index (χ0n) is 17.5. The van der Waals surface area contributed by atoms with E-state index < -0.39 is 0 Å². The average Bonchev–Trinajstić information content (AvgIpc) is 3.10. The van der Waals surface area contributed by atoms with Crippen LogP contribution in [-0.4, -0.2) is 47.0 Å². The Morgan fingerprint density at radius 1 is 1.00 bits per heavy atom. The Balaban J connectivity index is 1.38. The summed E-state index contributed by atoms with van der Waals surface area (Å²) in [5, 5.41) is 4.03. The average molecular weight is 422 g/mol. The molecule has 0 aliphatic carbocycles. The van der Waals surface area contributed by atoms with E-state index in [2.05, 4.69) is 34.3 Å². The molecule has 0 spiro atoms. The number of hydrogen-bond acceptors (Lipinski definition) is 5. The van der Waals surface area contributed by atoms with Crippen molar-refractivity contribution in [1.82, 2.24) is 15.0 Å². The Bertz CT molecular complexity index is 975. The van der Waals surface area contributed by atoms with Gasteiger partial charge >= 0.3 is 0 Å². The van der Waals surface area contributed by atoms with Gasteiger partial charge in [-0.05, 0) is 31.5 Å². The lowest BCUT2D eigenvalue weighted by molar-refractivity contribution is 0.0625. The molecule has 2 aromatic carbocycles. The van der Waals surface area contributed by atoms with Crippen LogP contribution in [0.4, 0.5) is 0 Å². The Hall–Kier alpha value is -2.57. The van der Waals surface area contributed by atoms with Gasteiger partial charge in [-0.15, -0.1) is 11.8 Å². The summed E-state index contributed by atoms with van der Waals surface area (Å²) < 4.78 is 5.27. The van der Waals surface area contributed by atoms with E-state index in [9.17, 15) is 4.79 Å². The summed E-state index contributed by atoms with van der Waals surface area (Å²) in [6.45, 7) is 8.14. The molecule has 1 aliphatic heterocycles. The molecule has 0 bridgehead atoms. The maximum Gasteiger partial charge on any atom is 0.255 e. The maximum absolute atomic E-state index is 13.2. The van der Waals surface area contributed by atoms with Crippen LogP contribution in [0.15, 0.2) is 64.0 Å². The number of aryl methyl sites for hydroxylation is 2. The zero-order valence-corrected chi connectivity index (χ0v) is 18.3. The topological polar surface area (TPSA) is 49.6 Å². The molecule has 6 heteroatoms. The van der Waals surface area contributed by atoms with E-state index >= 15 is 0 Å². The Kier molecular flexibility index (Phi) is 6.55. The molecule has 4 rings (SSSR count). The predicted octanol–water partition coefficient (Wildman–Crippen LogP) is 4.54. The highest BCUT2D eigenvalue weighted by Crippen LogP contribution is 2.29. The summed E-state index contributed by atoms with van der Waals surface area (Å²) in [4.78, 5) is 18.6. The molecule has 0 saturated carbocycles. The number of benzene rings is 2. The van der Waals surface area contributed by atoms with Crippen LogP contribution in [0.25, 0.3) is 0 Å². The van der Waals surface area contributed by atoms with Crippen molar-refractivity contribution >= 4 is 17.7 Å². The first-order chi connectivity index (χ1) is 14.6. The van der Waals surface area contributed by atoms with Crippen LogP contribution in [0.2, 0.25) is 0 Å². The molecule has 0 unspecified atom stereocenters. The van der Waals surface area contributed by atoms with Gasteiger partial charge in [-0.3, -0.25) is 9.69 Å². The van der Waals surface area contributed by atoms with Gasteiger partial charge in [0.1, 0.15) is 5.76 Å². The minimum absolute atomic E-state index is 0.122. The lowest BCUT2D eigenvalue weighted by atomic mass is 10.1. The summed E-state index contributed by atoms with van der Waals surface area (Å²) in [6.07, 6.45) is 0. The molecule has 0 N–H and O–H groups in total. The van der Waals surface area contributed by atoms with E-state index in [0.29, 0.717) is 0 Å². The van der Waals surface area contributed by atoms with Crippen LogP contribution in [0, 0.1) is 13.8 Å². The van der Waals surface area contributed by atoms with Gasteiger partial charge in [0.05, 0.1) is 11.3 Å². The first-order valence-electron chi connectivity index (χ1n) is 10.3. The molecule has 1 aromatic heterocycles. The van der Waals surface area contributed by atoms with Crippen molar-refractivity contribution in [1.29, 1.82) is 0 Å². The molecule has 5 nitrogen and oxygen atoms in total. The van der Waals surface area contributed by atoms with Gasteiger partial charge in [-0.2, -0.15) is 0 Å². The van der Waals surface area contributed by atoms with Crippen molar-refractivity contribution in [2.45, 2.75) is 31.0 Å². The van der Waals surface area contributed by atoms with E-state index in [4.69, 9.17) is 4.52 Å². The van der Waals surface area contributed by atoms with Crippen molar-refractivity contribution in [3.05, 3.63) is 82.7 Å². The predicted molar refractivity (Wildman–Crippen MR) is 120 cm³/mol. The smallest absolute Gasteiger partial charge is 0.255 e. The Labute approximate surface area is 182 Å². The normalized spacial score (nSPS) is 14.8. The van der Waals surface area contributed by atoms with E-state index in [1.165, 1.54) is 5.56 Å². The third-order valence-corrected chi connectivity index (χ3v) is 6.68. The number of carbonyl (C=O) groups is 1. The standard InChI is InChI=1S/C24H27N3O2S/c1-18-22(19(2)29-25-18)17-30-23-11-7-6-10-21(23)24(28)27-14-12-26(13-15-27)16-20-8-4-3-5-9-20/h3-11H,12-17H2,1-2H3. The van der Waals surface area contributed by atoms with Crippen LogP contribution in [-0.2, 0) is 12.3 Å². The van der Waals surface area contributed by atoms with Gasteiger partial charge < -0.3 is 9.42 Å². The summed E-state index contributed by atoms with van der Waals surface area (Å²) in [5.74, 6) is 1.71. The van der Waals surface area contributed by atoms with Crippen molar-refractivity contribution in [3.8, 4) is 0 Å². The van der Waals surface area contributed by atoms with Crippen molar-refractivity contribution in [2.75, 3.05) is 26.2 Å². The van der Waals surface area contributed by atoms with Gasteiger partial charge in [0.2, 0.25) is 0 Å². The molecule has 3 aromatic rings. The van der Waals surface area contributed by atoms with Gasteiger partial charge in [-0.25, -0.2) is 0 Å². The number of nitrogens with zero attached hydrogens (tertiary/aromatic N) is 3. The first-order valence-corrected chi connectivity index (χ1v) is 11.3. The molecule has 2 heterocycles. The van der Waals surface area contributed by atoms with Gasteiger partial charge in [0.25, 0.3) is 5.91 Å². The zero-order chi connectivity index (χ0) is 20.9. The minimum Gasteiger partial charge on any atom is -0.361 e. The van der Waals surface area contributed by atoms with E-state index in [1.807, 2.05) is 49.1 Å². The van der Waals surface area contributed by atoms with Gasteiger partial charge in [-0.1, -0.05) is 47.6 Å². The number of carbonyl (C=O) groups excluding carboxylic acids is 1. The quantitative estimate of drug-likeness (QED) is 0.547. The highest BCUT2D eigenvalue weighted by Gasteiger charge is 2.24. The molecular weight excluding hydrogens is 394 g/mol. The largest absolute Gasteiger partial charge is 0.361 e. The monoisotopic (exact) mass is 421 g/mol. The molecule has 0 atom stereocenters. The van der Waals surface area contributed by atoms with Crippen molar-refractivity contribution in [3.63, 3.8) is 0 Å². The van der Waals surface area contributed by atoms with E-state index in [1.54, 1.807) is 11.8 Å². The fourth-order valence-electron chi connectivity index (χ4n) is 3.75. The third-order valence-electron chi connectivity index (χ3n) is 5.58. The summed E-state index contributed by atoms with van der Waals surface area (Å²) >= 11 is 1.67. The van der Waals surface area contributed by atoms with Gasteiger partial charge in [0, 0.05) is 48.9 Å². The van der Waals surface area contributed by atoms with Crippen LogP contribution in [0.1, 0.15) is 32.9 Å². The van der Waals surface area contributed by atoms with Crippen LogP contribution < -0.4 is 0 Å². The SMILES string of the molecule is Cc1noc(C)c1CSc1ccccc1C(=O)N1CCN(Cc2ccccc2)CC1. The van der Waals surface area contributed by atoms with E-state index in [-0.39, 0.29) is 5.91 Å². The minimum atomic E-state index is 0.122. The lowest BCUT2D eigenvalue weighted by Crippen LogP contribution is -2.48. The molecule has 1 saturated heterocycles. The summed E-state index contributed by atoms with van der Waals surface area (Å²) in [7, 11) is 0. The van der Waals surface area contributed by atoms with Crippen molar-refractivity contribution < 1.29 is 9.32 Å². The number of thioether (sulfide) groups is 1. The lowest BCUT2D eigenvalue weighted by Gasteiger charge is -2.35. The maximum atomic E-state index is 13.2. The first kappa shape index (κ1) is 20.7. The second-order valence-electron chi connectivity index (χ2n) is 7.64. The van der Waals surface area contributed by atoms with Crippen LogP contribution >= 0.6 is 11.8 Å². The van der Waals surface area contributed by atoms with E-state index in [0.717, 1.165) is 66.0 Å². The highest BCUT2D eigenvalue weighted by atomic mass is 32.2. The third kappa shape index (κ3) is 4.77. The molecule has 1 aliphatic rings. The van der Waals surface area contributed by atoms with Crippen LogP contribution in [0.5, 0.6) is 0 Å². The van der Waals surface area contributed by atoms with Crippen LogP contribution in [0.3, 0.4) is 0 Å². The number of hydrogen-bond donors (Lipinski definition) is 0. The number of rotatable bonds is 6. The number of piperazine rings is 1. The molecule has 0 radical (unpaired) electrons. The number of amides is 1. The fraction of sp³-hybridized carbons (Fsp3) is 0.333. The van der Waals surface area contributed by atoms with Crippen molar-refractivity contribution in [2.24, 2.45) is 0 Å². The molecule has 1 amide bonds. The number of aromatic nitrogens is 1. The summed E-state index contributed by atoms with van der Waals surface area (Å²) in [5.41, 5.74) is 4.12. The molecule has 156 valence electrons.